The summed E-state index contributed by atoms with van der Waals surface area (Å²) in [6.07, 6.45) is 6.99. The molecule has 0 spiro atoms. The first kappa shape index (κ1) is 10.1. The lowest BCUT2D eigenvalue weighted by Crippen LogP contribution is -2.40. The number of aromatic nitrogens is 2. The zero-order valence-electron chi connectivity index (χ0n) is 10.1. The number of piperidine rings is 1. The van der Waals surface area contributed by atoms with E-state index in [4.69, 9.17) is 5.73 Å². The average Bonchev–Trinajstić information content (AvgIpc) is 2.68. The molecule has 2 saturated heterocycles. The van der Waals surface area contributed by atoms with Gasteiger partial charge in [-0.3, -0.25) is 0 Å². The molecule has 4 nitrogen and oxygen atoms in total. The van der Waals surface area contributed by atoms with Crippen molar-refractivity contribution in [2.45, 2.75) is 50.7 Å². The molecule has 4 heteroatoms. The van der Waals surface area contributed by atoms with Crippen LogP contribution in [-0.2, 0) is 0 Å². The van der Waals surface area contributed by atoms with Crippen LogP contribution in [0.1, 0.15) is 37.3 Å². The summed E-state index contributed by atoms with van der Waals surface area (Å²) in [4.78, 5) is 2.54. The number of nitrogens with zero attached hydrogens (tertiary/aromatic N) is 3. The fraction of sp³-hybridized carbons (Fsp3) is 0.750. The molecule has 2 N–H and O–H groups in total. The summed E-state index contributed by atoms with van der Waals surface area (Å²) in [5.41, 5.74) is 7.17. The first-order valence-electron chi connectivity index (χ1n) is 6.18. The second kappa shape index (κ2) is 3.48. The molecule has 2 fully saturated rings. The minimum atomic E-state index is 0.516. The third kappa shape index (κ3) is 1.36. The zero-order valence-corrected chi connectivity index (χ0v) is 10.1. The second-order valence-corrected chi connectivity index (χ2v) is 5.33. The number of hydrogen-bond donors (Lipinski definition) is 1. The van der Waals surface area contributed by atoms with Crippen molar-refractivity contribution in [3.8, 4) is 0 Å². The van der Waals surface area contributed by atoms with Crippen LogP contribution < -0.4 is 5.73 Å². The number of anilines is 1. The summed E-state index contributed by atoms with van der Waals surface area (Å²) in [6.45, 7) is 2.03. The van der Waals surface area contributed by atoms with Crippen molar-refractivity contribution in [3.63, 3.8) is 0 Å². The number of nitrogen functional groups attached to an aromatic ring is 1. The van der Waals surface area contributed by atoms with E-state index in [2.05, 4.69) is 17.0 Å². The topological polar surface area (TPSA) is 47.1 Å². The van der Waals surface area contributed by atoms with Crippen LogP contribution >= 0.6 is 0 Å². The van der Waals surface area contributed by atoms with Crippen molar-refractivity contribution < 1.29 is 0 Å². The highest BCUT2D eigenvalue weighted by molar-refractivity contribution is 5.37. The van der Waals surface area contributed by atoms with Crippen molar-refractivity contribution in [2.75, 3.05) is 12.8 Å². The van der Waals surface area contributed by atoms with Gasteiger partial charge in [-0.15, -0.1) is 0 Å². The van der Waals surface area contributed by atoms with Gasteiger partial charge in [-0.2, -0.15) is 5.10 Å². The van der Waals surface area contributed by atoms with E-state index in [9.17, 15) is 0 Å². The number of nitrogens with two attached hydrogens (primary N) is 1. The highest BCUT2D eigenvalue weighted by Gasteiger charge is 2.39. The van der Waals surface area contributed by atoms with Crippen molar-refractivity contribution in [2.24, 2.45) is 0 Å². The Morgan fingerprint density at radius 2 is 1.88 bits per heavy atom. The molecule has 2 aliphatic heterocycles. The molecule has 1 aromatic rings. The number of aryl methyl sites for hydroxylation is 1. The average molecular weight is 220 g/mol. The lowest BCUT2D eigenvalue weighted by Gasteiger charge is -2.36. The minimum Gasteiger partial charge on any atom is -0.384 e. The first-order chi connectivity index (χ1) is 7.66. The maximum absolute atomic E-state index is 6.07. The Kier molecular flexibility index (Phi) is 2.21. The van der Waals surface area contributed by atoms with Crippen molar-refractivity contribution in [3.05, 3.63) is 11.8 Å². The molecule has 2 unspecified atom stereocenters. The van der Waals surface area contributed by atoms with Crippen LogP contribution in [0.5, 0.6) is 0 Å². The van der Waals surface area contributed by atoms with Gasteiger partial charge >= 0.3 is 0 Å². The van der Waals surface area contributed by atoms with Crippen LogP contribution in [0.25, 0.3) is 0 Å². The zero-order chi connectivity index (χ0) is 11.3. The van der Waals surface area contributed by atoms with Gasteiger partial charge in [0.05, 0.1) is 12.2 Å². The van der Waals surface area contributed by atoms with Gasteiger partial charge in [0.1, 0.15) is 5.82 Å². The van der Waals surface area contributed by atoms with Gasteiger partial charge in [0.25, 0.3) is 0 Å². The minimum absolute atomic E-state index is 0.516. The van der Waals surface area contributed by atoms with Gasteiger partial charge < -0.3 is 10.6 Å². The highest BCUT2D eigenvalue weighted by atomic mass is 15.3. The molecular formula is C12H20N4. The standard InChI is InChI=1S/C12H20N4/c1-8-7-14-16(12(8)13)11-5-9-3-4-10(6-11)15(9)2/h7,9-11H,3-6,13H2,1-2H3. The van der Waals surface area contributed by atoms with Gasteiger partial charge in [0.2, 0.25) is 0 Å². The van der Waals surface area contributed by atoms with E-state index in [0.29, 0.717) is 6.04 Å². The largest absolute Gasteiger partial charge is 0.384 e. The molecule has 0 aliphatic carbocycles. The monoisotopic (exact) mass is 220 g/mol. The van der Waals surface area contributed by atoms with Crippen molar-refractivity contribution >= 4 is 5.82 Å². The summed E-state index contributed by atoms with van der Waals surface area (Å²) in [7, 11) is 2.26. The lowest BCUT2D eigenvalue weighted by atomic mass is 9.98. The van der Waals surface area contributed by atoms with Gasteiger partial charge in [-0.05, 0) is 39.7 Å². The van der Waals surface area contributed by atoms with Crippen LogP contribution in [0.4, 0.5) is 5.82 Å². The molecule has 3 rings (SSSR count). The van der Waals surface area contributed by atoms with E-state index in [1.54, 1.807) is 0 Å². The van der Waals surface area contributed by atoms with E-state index in [1.807, 2.05) is 17.8 Å². The normalized spacial score (nSPS) is 34.5. The van der Waals surface area contributed by atoms with E-state index in [-0.39, 0.29) is 0 Å². The van der Waals surface area contributed by atoms with E-state index >= 15 is 0 Å². The molecule has 2 atom stereocenters. The summed E-state index contributed by atoms with van der Waals surface area (Å²) in [5.74, 6) is 0.856. The molecule has 0 aromatic carbocycles. The third-order valence-corrected chi connectivity index (χ3v) is 4.45. The fourth-order valence-corrected chi connectivity index (χ4v) is 3.33. The van der Waals surface area contributed by atoms with E-state index < -0.39 is 0 Å². The molecule has 2 bridgehead atoms. The Balaban J connectivity index is 1.85. The molecule has 16 heavy (non-hydrogen) atoms. The van der Waals surface area contributed by atoms with Crippen LogP contribution in [0.2, 0.25) is 0 Å². The van der Waals surface area contributed by atoms with Gasteiger partial charge in [-0.25, -0.2) is 4.68 Å². The SMILES string of the molecule is Cc1cnn(C2CC3CCC(C2)N3C)c1N. The van der Waals surface area contributed by atoms with Gasteiger partial charge in [-0.1, -0.05) is 0 Å². The van der Waals surface area contributed by atoms with E-state index in [1.165, 1.54) is 25.7 Å². The van der Waals surface area contributed by atoms with Crippen molar-refractivity contribution in [1.29, 1.82) is 0 Å². The Bertz CT molecular complexity index is 384. The molecule has 1 aromatic heterocycles. The first-order valence-corrected chi connectivity index (χ1v) is 6.18. The highest BCUT2D eigenvalue weighted by Crippen LogP contribution is 2.40. The predicted octanol–water partition coefficient (Wildman–Crippen LogP) is 1.57. The molecule has 0 amide bonds. The summed E-state index contributed by atoms with van der Waals surface area (Å²) in [5, 5.41) is 4.43. The fourth-order valence-electron chi connectivity index (χ4n) is 3.33. The van der Waals surface area contributed by atoms with Crippen molar-refractivity contribution in [1.82, 2.24) is 14.7 Å². The quantitative estimate of drug-likeness (QED) is 0.781. The molecule has 2 aliphatic rings. The second-order valence-electron chi connectivity index (χ2n) is 5.33. The Morgan fingerprint density at radius 3 is 2.38 bits per heavy atom. The number of rotatable bonds is 1. The maximum atomic E-state index is 6.07. The Hall–Kier alpha value is -1.03. The maximum Gasteiger partial charge on any atom is 0.124 e. The Labute approximate surface area is 96.4 Å². The lowest BCUT2D eigenvalue weighted by molar-refractivity contribution is 0.132. The number of hydrogen-bond acceptors (Lipinski definition) is 3. The summed E-state index contributed by atoms with van der Waals surface area (Å²) < 4.78 is 2.05. The van der Waals surface area contributed by atoms with Crippen LogP contribution in [0.3, 0.4) is 0 Å². The molecule has 0 radical (unpaired) electrons. The Morgan fingerprint density at radius 1 is 1.25 bits per heavy atom. The van der Waals surface area contributed by atoms with Crippen LogP contribution in [-0.4, -0.2) is 33.8 Å². The van der Waals surface area contributed by atoms with Gasteiger partial charge in [0.15, 0.2) is 0 Å². The number of fused-ring (bicyclic) bond motifs is 2. The van der Waals surface area contributed by atoms with Crippen LogP contribution in [0.15, 0.2) is 6.20 Å². The predicted molar refractivity (Wildman–Crippen MR) is 64.2 cm³/mol. The molecule has 88 valence electrons. The summed E-state index contributed by atoms with van der Waals surface area (Å²) in [6, 6.07) is 2.00. The molecule has 3 heterocycles. The van der Waals surface area contributed by atoms with Gasteiger partial charge in [0, 0.05) is 17.6 Å². The van der Waals surface area contributed by atoms with E-state index in [0.717, 1.165) is 23.5 Å². The summed E-state index contributed by atoms with van der Waals surface area (Å²) >= 11 is 0. The smallest absolute Gasteiger partial charge is 0.124 e. The van der Waals surface area contributed by atoms with Crippen LogP contribution in [0, 0.1) is 6.92 Å². The third-order valence-electron chi connectivity index (χ3n) is 4.45. The molecular weight excluding hydrogens is 200 g/mol. The molecule has 0 saturated carbocycles.